The number of rotatable bonds is 7. The Balaban J connectivity index is 1.75. The summed E-state index contributed by atoms with van der Waals surface area (Å²) in [5.74, 6) is -0.606. The largest absolute Gasteiger partial charge is 0.507 e. The summed E-state index contributed by atoms with van der Waals surface area (Å²) in [6, 6.07) is 16.6. The van der Waals surface area contributed by atoms with Crippen molar-refractivity contribution in [1.29, 1.82) is 0 Å². The van der Waals surface area contributed by atoms with Crippen LogP contribution in [0.25, 0.3) is 5.76 Å². The van der Waals surface area contributed by atoms with Crippen molar-refractivity contribution in [3.8, 4) is 5.75 Å². The van der Waals surface area contributed by atoms with Gasteiger partial charge in [-0.25, -0.2) is 0 Å². The number of likely N-dealkylation sites (tertiary alicyclic amines) is 1. The summed E-state index contributed by atoms with van der Waals surface area (Å²) >= 11 is 6.07. The molecule has 4 rings (SSSR count). The number of hydrogen-bond acceptors (Lipinski definition) is 5. The smallest absolute Gasteiger partial charge is 0.295 e. The van der Waals surface area contributed by atoms with E-state index in [4.69, 9.17) is 16.3 Å². The predicted octanol–water partition coefficient (Wildman–Crippen LogP) is 5.39. The summed E-state index contributed by atoms with van der Waals surface area (Å²) < 4.78 is 5.71. The summed E-state index contributed by atoms with van der Waals surface area (Å²) in [7, 11) is 0. The molecule has 1 fully saturated rings. The molecule has 7 heteroatoms. The van der Waals surface area contributed by atoms with Crippen LogP contribution >= 0.6 is 11.6 Å². The lowest BCUT2D eigenvalue weighted by Gasteiger charge is -2.25. The van der Waals surface area contributed by atoms with Gasteiger partial charge in [0.2, 0.25) is 0 Å². The Morgan fingerprint density at radius 1 is 1.09 bits per heavy atom. The highest BCUT2D eigenvalue weighted by Gasteiger charge is 2.46. The maximum Gasteiger partial charge on any atom is 0.295 e. The van der Waals surface area contributed by atoms with Gasteiger partial charge in [-0.15, -0.1) is 0 Å². The molecule has 1 saturated heterocycles. The molecule has 1 aliphatic rings. The summed E-state index contributed by atoms with van der Waals surface area (Å²) in [6.07, 6.45) is 3.29. The van der Waals surface area contributed by atoms with Crippen LogP contribution in [-0.2, 0) is 16.1 Å². The molecular formula is C27H25ClN2O4. The fourth-order valence-corrected chi connectivity index (χ4v) is 3.98. The highest BCUT2D eigenvalue weighted by atomic mass is 35.5. The van der Waals surface area contributed by atoms with Gasteiger partial charge in [0, 0.05) is 29.5 Å². The highest BCUT2D eigenvalue weighted by molar-refractivity contribution is 6.46. The van der Waals surface area contributed by atoms with Gasteiger partial charge >= 0.3 is 0 Å². The van der Waals surface area contributed by atoms with Crippen molar-refractivity contribution in [3.05, 3.63) is 100 Å². The standard InChI is InChI=1S/C27H25ClN2O4/c1-17(2)16-34-22-11-7-20(8-12-22)25(31)23-24(19-5-9-21(28)10-6-19)30(27(33)26(23)32)15-18-4-3-13-29-14-18/h3-14,17,24,31H,15-16H2,1-2H3/t24-/m1/s1. The van der Waals surface area contributed by atoms with Crippen LogP contribution in [0.3, 0.4) is 0 Å². The number of Topliss-reactive ketones (excluding diaryl/α,β-unsaturated/α-hetero) is 1. The van der Waals surface area contributed by atoms with Crippen molar-refractivity contribution in [2.75, 3.05) is 6.61 Å². The third-order valence-corrected chi connectivity index (χ3v) is 5.76. The first-order valence-electron chi connectivity index (χ1n) is 11.0. The zero-order chi connectivity index (χ0) is 24.2. The Bertz CT molecular complexity index is 1210. The van der Waals surface area contributed by atoms with Crippen LogP contribution in [-0.4, -0.2) is 33.3 Å². The third kappa shape index (κ3) is 4.97. The van der Waals surface area contributed by atoms with E-state index in [1.54, 1.807) is 67.0 Å². The number of hydrogen-bond donors (Lipinski definition) is 1. The Morgan fingerprint density at radius 2 is 1.79 bits per heavy atom. The van der Waals surface area contributed by atoms with Gasteiger partial charge in [-0.1, -0.05) is 43.6 Å². The lowest BCUT2D eigenvalue weighted by molar-refractivity contribution is -0.140. The van der Waals surface area contributed by atoms with Crippen molar-refractivity contribution in [2.45, 2.75) is 26.4 Å². The highest BCUT2D eigenvalue weighted by Crippen LogP contribution is 2.40. The van der Waals surface area contributed by atoms with E-state index >= 15 is 0 Å². The average Bonchev–Trinajstić information content (AvgIpc) is 3.08. The molecule has 174 valence electrons. The van der Waals surface area contributed by atoms with Crippen LogP contribution < -0.4 is 4.74 Å². The first-order chi connectivity index (χ1) is 16.3. The molecule has 1 aliphatic heterocycles. The molecule has 0 unspecified atom stereocenters. The Morgan fingerprint density at radius 3 is 2.41 bits per heavy atom. The van der Waals surface area contributed by atoms with E-state index in [1.807, 2.05) is 6.07 Å². The lowest BCUT2D eigenvalue weighted by atomic mass is 9.95. The van der Waals surface area contributed by atoms with Crippen molar-refractivity contribution < 1.29 is 19.4 Å². The molecule has 1 amide bonds. The second-order valence-corrected chi connectivity index (χ2v) is 9.01. The second-order valence-electron chi connectivity index (χ2n) is 8.57. The van der Waals surface area contributed by atoms with Crippen molar-refractivity contribution >= 4 is 29.1 Å². The van der Waals surface area contributed by atoms with Crippen molar-refractivity contribution in [1.82, 2.24) is 9.88 Å². The van der Waals surface area contributed by atoms with E-state index in [0.29, 0.717) is 34.4 Å². The molecule has 1 N–H and O–H groups in total. The summed E-state index contributed by atoms with van der Waals surface area (Å²) in [5, 5.41) is 11.7. The minimum atomic E-state index is -0.769. The molecule has 2 aromatic carbocycles. The van der Waals surface area contributed by atoms with Crippen LogP contribution in [0.4, 0.5) is 0 Å². The second kappa shape index (κ2) is 10.1. The van der Waals surface area contributed by atoms with Crippen LogP contribution in [0, 0.1) is 5.92 Å². The summed E-state index contributed by atoms with van der Waals surface area (Å²) in [5.41, 5.74) is 1.91. The van der Waals surface area contributed by atoms with Crippen molar-refractivity contribution in [3.63, 3.8) is 0 Å². The molecule has 1 aromatic heterocycles. The molecule has 0 spiro atoms. The number of amides is 1. The Hall–Kier alpha value is -3.64. The van der Waals surface area contributed by atoms with E-state index in [1.165, 1.54) is 4.90 Å². The van der Waals surface area contributed by atoms with E-state index in [-0.39, 0.29) is 17.9 Å². The van der Waals surface area contributed by atoms with Crippen LogP contribution in [0.15, 0.2) is 78.6 Å². The summed E-state index contributed by atoms with van der Waals surface area (Å²) in [6.45, 7) is 4.86. The van der Waals surface area contributed by atoms with Gasteiger partial charge in [-0.05, 0) is 59.5 Å². The van der Waals surface area contributed by atoms with Gasteiger partial charge in [0.05, 0.1) is 18.2 Å². The number of carbonyl (C=O) groups is 2. The number of ether oxygens (including phenoxy) is 1. The molecule has 34 heavy (non-hydrogen) atoms. The quantitative estimate of drug-likeness (QED) is 0.281. The average molecular weight is 477 g/mol. The van der Waals surface area contributed by atoms with Crippen LogP contribution in [0.5, 0.6) is 5.75 Å². The molecule has 0 saturated carbocycles. The zero-order valence-corrected chi connectivity index (χ0v) is 19.7. The number of aliphatic hydroxyl groups excluding tert-OH is 1. The van der Waals surface area contributed by atoms with Crippen LogP contribution in [0.1, 0.15) is 36.6 Å². The number of aliphatic hydroxyl groups is 1. The minimum absolute atomic E-state index is 0.0343. The molecule has 1 atom stereocenters. The molecule has 3 aromatic rings. The molecule has 0 radical (unpaired) electrons. The maximum absolute atomic E-state index is 13.1. The molecular weight excluding hydrogens is 452 g/mol. The topological polar surface area (TPSA) is 79.7 Å². The normalized spacial score (nSPS) is 17.4. The van der Waals surface area contributed by atoms with Gasteiger partial charge in [0.1, 0.15) is 11.5 Å². The maximum atomic E-state index is 13.1. The fraction of sp³-hybridized carbons (Fsp3) is 0.222. The zero-order valence-electron chi connectivity index (χ0n) is 18.9. The SMILES string of the molecule is CC(C)COc1ccc(C(O)=C2C(=O)C(=O)N(Cc3cccnc3)[C@@H]2c2ccc(Cl)cc2)cc1. The Kier molecular flexibility index (Phi) is 6.98. The number of ketones is 1. The van der Waals surface area contributed by atoms with Crippen molar-refractivity contribution in [2.24, 2.45) is 5.92 Å². The number of nitrogens with zero attached hydrogens (tertiary/aromatic N) is 2. The number of carbonyl (C=O) groups excluding carboxylic acids is 2. The number of benzene rings is 2. The molecule has 0 aliphatic carbocycles. The molecule has 2 heterocycles. The van der Waals surface area contributed by atoms with Crippen LogP contribution in [0.2, 0.25) is 5.02 Å². The van der Waals surface area contributed by atoms with Gasteiger partial charge < -0.3 is 14.7 Å². The first-order valence-corrected chi connectivity index (χ1v) is 11.4. The number of pyridine rings is 1. The minimum Gasteiger partial charge on any atom is -0.507 e. The van der Waals surface area contributed by atoms with E-state index in [2.05, 4.69) is 18.8 Å². The molecule has 0 bridgehead atoms. The lowest BCUT2D eigenvalue weighted by Crippen LogP contribution is -2.29. The Labute approximate surface area is 203 Å². The van der Waals surface area contributed by atoms with E-state index < -0.39 is 17.7 Å². The first kappa shape index (κ1) is 23.5. The van der Waals surface area contributed by atoms with Gasteiger partial charge in [0.25, 0.3) is 11.7 Å². The van der Waals surface area contributed by atoms with E-state index in [0.717, 1.165) is 5.56 Å². The third-order valence-electron chi connectivity index (χ3n) is 5.51. The summed E-state index contributed by atoms with van der Waals surface area (Å²) in [4.78, 5) is 31.8. The van der Waals surface area contributed by atoms with Gasteiger partial charge in [0.15, 0.2) is 0 Å². The van der Waals surface area contributed by atoms with E-state index in [9.17, 15) is 14.7 Å². The fourth-order valence-electron chi connectivity index (χ4n) is 3.85. The predicted molar refractivity (Wildman–Crippen MR) is 130 cm³/mol. The molecule has 6 nitrogen and oxygen atoms in total. The monoisotopic (exact) mass is 476 g/mol. The number of halogens is 1. The van der Waals surface area contributed by atoms with Gasteiger partial charge in [-0.2, -0.15) is 0 Å². The van der Waals surface area contributed by atoms with Gasteiger partial charge in [-0.3, -0.25) is 14.6 Å². The number of aromatic nitrogens is 1.